The number of rotatable bonds is 7. The lowest BCUT2D eigenvalue weighted by molar-refractivity contribution is -0.117. The van der Waals surface area contributed by atoms with Crippen LogP contribution in [0.2, 0.25) is 0 Å². The summed E-state index contributed by atoms with van der Waals surface area (Å²) < 4.78 is 12.0. The normalized spacial score (nSPS) is 11.4. The predicted molar refractivity (Wildman–Crippen MR) is 93.1 cm³/mol. The molecule has 0 aliphatic heterocycles. The van der Waals surface area contributed by atoms with E-state index in [1.807, 2.05) is 43.5 Å². The fourth-order valence-electron chi connectivity index (χ4n) is 2.56. The van der Waals surface area contributed by atoms with Crippen LogP contribution in [0, 0.1) is 32.1 Å². The molecule has 0 saturated carbocycles. The third-order valence-corrected chi connectivity index (χ3v) is 3.79. The zero-order chi connectivity index (χ0) is 18.4. The molecule has 2 aromatic rings. The maximum Gasteiger partial charge on any atom is 0.261 e. The van der Waals surface area contributed by atoms with Gasteiger partial charge in [0.1, 0.15) is 17.4 Å². The van der Waals surface area contributed by atoms with E-state index in [-0.39, 0.29) is 11.5 Å². The molecule has 0 aliphatic rings. The molecule has 2 heterocycles. The molecule has 0 aromatic carbocycles. The quantitative estimate of drug-likeness (QED) is 0.474. The fraction of sp³-hybridized carbons (Fsp3) is 0.389. The average molecular weight is 342 g/mol. The van der Waals surface area contributed by atoms with Crippen molar-refractivity contribution in [1.29, 1.82) is 5.26 Å². The Balaban J connectivity index is 2.24. The highest BCUT2D eigenvalue weighted by atomic mass is 16.5. The van der Waals surface area contributed by atoms with Gasteiger partial charge in [-0.1, -0.05) is 5.16 Å². The van der Waals surface area contributed by atoms with E-state index in [0.717, 1.165) is 17.0 Å². The highest BCUT2D eigenvalue weighted by Gasteiger charge is 2.15. The van der Waals surface area contributed by atoms with Gasteiger partial charge in [0.25, 0.3) is 5.91 Å². The van der Waals surface area contributed by atoms with Crippen LogP contribution >= 0.6 is 0 Å². The van der Waals surface area contributed by atoms with E-state index >= 15 is 0 Å². The molecule has 0 atom stereocenters. The molecule has 7 heteroatoms. The first-order valence-corrected chi connectivity index (χ1v) is 7.99. The topological polar surface area (TPSA) is 93.1 Å². The summed E-state index contributed by atoms with van der Waals surface area (Å²) in [5.74, 6) is 1.00. The minimum atomic E-state index is -0.388. The zero-order valence-corrected chi connectivity index (χ0v) is 14.9. The highest BCUT2D eigenvalue weighted by molar-refractivity contribution is 6.01. The predicted octanol–water partition coefficient (Wildman–Crippen LogP) is 2.45. The van der Waals surface area contributed by atoms with Gasteiger partial charge in [0.2, 0.25) is 0 Å². The number of carbonyl (C=O) groups excluding carboxylic acids is 1. The molecule has 0 saturated heterocycles. The number of aromatic nitrogens is 2. The molecule has 2 aromatic heterocycles. The van der Waals surface area contributed by atoms with Crippen LogP contribution in [0.15, 0.2) is 22.2 Å². The zero-order valence-electron chi connectivity index (χ0n) is 14.9. The van der Waals surface area contributed by atoms with E-state index in [9.17, 15) is 10.1 Å². The minimum absolute atomic E-state index is 0.0639. The second-order valence-corrected chi connectivity index (χ2v) is 5.73. The van der Waals surface area contributed by atoms with Crippen molar-refractivity contribution in [3.8, 4) is 11.9 Å². The van der Waals surface area contributed by atoms with Crippen molar-refractivity contribution in [3.63, 3.8) is 0 Å². The number of nitrogens with zero attached hydrogens (tertiary/aromatic N) is 3. The number of aryl methyl sites for hydroxylation is 2. The van der Waals surface area contributed by atoms with Crippen LogP contribution in [0.1, 0.15) is 29.1 Å². The van der Waals surface area contributed by atoms with E-state index in [1.54, 1.807) is 13.2 Å². The Morgan fingerprint density at radius 3 is 2.80 bits per heavy atom. The van der Waals surface area contributed by atoms with Crippen molar-refractivity contribution in [3.05, 3.63) is 40.4 Å². The maximum atomic E-state index is 12.1. The number of carbonyl (C=O) groups is 1. The van der Waals surface area contributed by atoms with Crippen LogP contribution in [0.25, 0.3) is 11.9 Å². The van der Waals surface area contributed by atoms with Gasteiger partial charge in [-0.05, 0) is 44.9 Å². The van der Waals surface area contributed by atoms with Crippen molar-refractivity contribution in [2.75, 3.05) is 20.3 Å². The first kappa shape index (κ1) is 18.5. The molecular weight excluding hydrogens is 320 g/mol. The molecule has 1 amide bonds. The lowest BCUT2D eigenvalue weighted by atomic mass is 10.1. The van der Waals surface area contributed by atoms with E-state index in [0.29, 0.717) is 31.2 Å². The van der Waals surface area contributed by atoms with Gasteiger partial charge in [-0.3, -0.25) is 9.36 Å². The molecule has 2 rings (SSSR count). The highest BCUT2D eigenvalue weighted by Crippen LogP contribution is 2.22. The van der Waals surface area contributed by atoms with Crippen molar-refractivity contribution in [2.24, 2.45) is 0 Å². The number of amides is 1. The van der Waals surface area contributed by atoms with Gasteiger partial charge in [-0.2, -0.15) is 5.26 Å². The smallest absolute Gasteiger partial charge is 0.261 e. The maximum absolute atomic E-state index is 12.1. The number of nitriles is 1. The summed E-state index contributed by atoms with van der Waals surface area (Å²) in [5, 5.41) is 16.1. The van der Waals surface area contributed by atoms with Crippen LogP contribution < -0.4 is 5.32 Å². The first-order valence-electron chi connectivity index (χ1n) is 7.99. The van der Waals surface area contributed by atoms with Crippen LogP contribution in [0.4, 0.5) is 0 Å². The van der Waals surface area contributed by atoms with Crippen LogP contribution in [0.5, 0.6) is 0 Å². The lowest BCUT2D eigenvalue weighted by Crippen LogP contribution is -2.26. The largest absolute Gasteiger partial charge is 0.385 e. The van der Waals surface area contributed by atoms with Gasteiger partial charge in [0.15, 0.2) is 5.82 Å². The van der Waals surface area contributed by atoms with Crippen LogP contribution in [0.3, 0.4) is 0 Å². The Bertz CT molecular complexity index is 824. The Hall–Kier alpha value is -2.85. The number of ether oxygens (including phenoxy) is 1. The van der Waals surface area contributed by atoms with E-state index in [2.05, 4.69) is 10.5 Å². The summed E-state index contributed by atoms with van der Waals surface area (Å²) in [7, 11) is 1.61. The van der Waals surface area contributed by atoms with Crippen molar-refractivity contribution in [2.45, 2.75) is 27.2 Å². The summed E-state index contributed by atoms with van der Waals surface area (Å²) in [6.07, 6.45) is 2.29. The number of hydrogen-bond donors (Lipinski definition) is 1. The van der Waals surface area contributed by atoms with Crippen LogP contribution in [-0.2, 0) is 9.53 Å². The molecule has 0 spiro atoms. The van der Waals surface area contributed by atoms with Gasteiger partial charge >= 0.3 is 0 Å². The van der Waals surface area contributed by atoms with Crippen molar-refractivity contribution in [1.82, 2.24) is 15.0 Å². The molecule has 0 unspecified atom stereocenters. The third-order valence-electron chi connectivity index (χ3n) is 3.79. The van der Waals surface area contributed by atoms with Crippen molar-refractivity contribution < 1.29 is 14.1 Å². The molecule has 0 aliphatic carbocycles. The summed E-state index contributed by atoms with van der Waals surface area (Å²) in [5.41, 5.74) is 2.68. The van der Waals surface area contributed by atoms with Gasteiger partial charge < -0.3 is 14.6 Å². The molecular formula is C18H22N4O3. The molecule has 1 N–H and O–H groups in total. The summed E-state index contributed by atoms with van der Waals surface area (Å²) in [4.78, 5) is 12.1. The summed E-state index contributed by atoms with van der Waals surface area (Å²) in [6, 6.07) is 5.71. The van der Waals surface area contributed by atoms with Gasteiger partial charge in [0.05, 0.1) is 0 Å². The SMILES string of the molecule is COCCCNC(=O)/C(C#N)=C/c1cc(C)n(-c2cc(C)on2)c1C. The Labute approximate surface area is 146 Å². The van der Waals surface area contributed by atoms with Gasteiger partial charge in [0, 0.05) is 37.7 Å². The van der Waals surface area contributed by atoms with E-state index in [4.69, 9.17) is 9.26 Å². The van der Waals surface area contributed by atoms with Gasteiger partial charge in [-0.25, -0.2) is 0 Å². The Morgan fingerprint density at radius 2 is 2.20 bits per heavy atom. The summed E-state index contributed by atoms with van der Waals surface area (Å²) in [6.45, 7) is 6.69. The Morgan fingerprint density at radius 1 is 1.44 bits per heavy atom. The minimum Gasteiger partial charge on any atom is -0.385 e. The molecule has 0 bridgehead atoms. The van der Waals surface area contributed by atoms with Gasteiger partial charge in [-0.15, -0.1) is 0 Å². The van der Waals surface area contributed by atoms with E-state index < -0.39 is 0 Å². The number of nitrogens with one attached hydrogen (secondary N) is 1. The number of hydrogen-bond acceptors (Lipinski definition) is 5. The molecule has 0 fully saturated rings. The fourth-order valence-corrected chi connectivity index (χ4v) is 2.56. The van der Waals surface area contributed by atoms with Crippen molar-refractivity contribution >= 4 is 12.0 Å². The molecule has 25 heavy (non-hydrogen) atoms. The molecule has 7 nitrogen and oxygen atoms in total. The van der Waals surface area contributed by atoms with Crippen LogP contribution in [-0.4, -0.2) is 35.9 Å². The summed E-state index contributed by atoms with van der Waals surface area (Å²) >= 11 is 0. The second kappa shape index (κ2) is 8.31. The van der Waals surface area contributed by atoms with E-state index in [1.165, 1.54) is 0 Å². The lowest BCUT2D eigenvalue weighted by Gasteiger charge is -2.05. The number of methoxy groups -OCH3 is 1. The molecule has 0 radical (unpaired) electrons. The second-order valence-electron chi connectivity index (χ2n) is 5.73. The third kappa shape index (κ3) is 4.37. The Kier molecular flexibility index (Phi) is 6.14. The first-order chi connectivity index (χ1) is 12.0. The standard InChI is InChI=1S/C18H22N4O3/c1-12-8-15(14(3)22(12)17-9-13(2)25-21-17)10-16(11-19)18(23)20-6-5-7-24-4/h8-10H,5-7H2,1-4H3,(H,20,23)/b16-10+. The monoisotopic (exact) mass is 342 g/mol. The average Bonchev–Trinajstić information content (AvgIpc) is 3.12. The molecule has 132 valence electrons.